The van der Waals surface area contributed by atoms with Crippen LogP contribution in [-0.4, -0.2) is 15.9 Å². The predicted octanol–water partition coefficient (Wildman–Crippen LogP) is 2.18. The molecule has 0 amide bonds. The van der Waals surface area contributed by atoms with E-state index in [9.17, 15) is 15.2 Å². The van der Waals surface area contributed by atoms with Crippen molar-refractivity contribution in [1.82, 2.24) is 0 Å². The maximum Gasteiger partial charge on any atom is 0.269 e. The van der Waals surface area contributed by atoms with Crippen molar-refractivity contribution in [2.24, 2.45) is 0 Å². The van der Waals surface area contributed by atoms with Crippen LogP contribution in [0.15, 0.2) is 18.2 Å². The molecule has 1 unspecified atom stereocenters. The van der Waals surface area contributed by atoms with Gasteiger partial charge in [0.15, 0.2) is 0 Å². The molecule has 0 saturated carbocycles. The first-order chi connectivity index (χ1) is 6.56. The molecule has 0 aliphatic carbocycles. The third kappa shape index (κ3) is 2.21. The van der Waals surface area contributed by atoms with Crippen LogP contribution in [0.25, 0.3) is 0 Å². The molecule has 0 aliphatic rings. The lowest BCUT2D eigenvalue weighted by Gasteiger charge is -2.09. The number of hydrogen-bond acceptors (Lipinski definition) is 3. The van der Waals surface area contributed by atoms with Gasteiger partial charge in [-0.15, -0.1) is 11.6 Å². The quantitative estimate of drug-likeness (QED) is 0.478. The molecule has 1 aromatic rings. The normalized spacial score (nSPS) is 12.5. The van der Waals surface area contributed by atoms with Crippen molar-refractivity contribution in [1.29, 1.82) is 0 Å². The van der Waals surface area contributed by atoms with Crippen molar-refractivity contribution >= 4 is 17.3 Å². The summed E-state index contributed by atoms with van der Waals surface area (Å²) in [4.78, 5) is 9.97. The van der Waals surface area contributed by atoms with E-state index in [4.69, 9.17) is 11.6 Å². The van der Waals surface area contributed by atoms with Crippen LogP contribution >= 0.6 is 11.6 Å². The molecule has 5 heteroatoms. The summed E-state index contributed by atoms with van der Waals surface area (Å²) >= 11 is 5.47. The maximum atomic E-state index is 10.5. The van der Waals surface area contributed by atoms with E-state index in [-0.39, 0.29) is 11.6 Å². The summed E-state index contributed by atoms with van der Waals surface area (Å²) in [7, 11) is 0. The molecular formula is C9H10ClNO3. The van der Waals surface area contributed by atoms with Crippen LogP contribution in [0, 0.1) is 17.0 Å². The number of hydrogen-bond donors (Lipinski definition) is 1. The summed E-state index contributed by atoms with van der Waals surface area (Å²) in [6, 6.07) is 4.35. The van der Waals surface area contributed by atoms with Crippen LogP contribution in [0.3, 0.4) is 0 Å². The fourth-order valence-electron chi connectivity index (χ4n) is 1.18. The number of aliphatic hydroxyl groups is 1. The Hall–Kier alpha value is -1.13. The number of halogens is 1. The van der Waals surface area contributed by atoms with Crippen LogP contribution in [0.5, 0.6) is 0 Å². The van der Waals surface area contributed by atoms with Crippen molar-refractivity contribution in [2.45, 2.75) is 13.0 Å². The Balaban J connectivity index is 3.14. The molecule has 14 heavy (non-hydrogen) atoms. The number of alkyl halides is 1. The molecule has 0 spiro atoms. The lowest BCUT2D eigenvalue weighted by Crippen LogP contribution is -2.02. The molecule has 1 aromatic carbocycles. The molecule has 1 N–H and O–H groups in total. The average molecular weight is 216 g/mol. The topological polar surface area (TPSA) is 63.4 Å². The van der Waals surface area contributed by atoms with Crippen LogP contribution in [0.1, 0.15) is 17.2 Å². The fraction of sp³-hybridized carbons (Fsp3) is 0.333. The van der Waals surface area contributed by atoms with E-state index >= 15 is 0 Å². The van der Waals surface area contributed by atoms with Gasteiger partial charge < -0.3 is 5.11 Å². The summed E-state index contributed by atoms with van der Waals surface area (Å²) in [5.74, 6) is 0.0298. The van der Waals surface area contributed by atoms with Crippen molar-refractivity contribution < 1.29 is 10.0 Å². The molecule has 0 bridgehead atoms. The molecule has 4 nitrogen and oxygen atoms in total. The van der Waals surface area contributed by atoms with E-state index in [0.717, 1.165) is 5.56 Å². The summed E-state index contributed by atoms with van der Waals surface area (Å²) in [5.41, 5.74) is 1.27. The van der Waals surface area contributed by atoms with E-state index in [1.807, 2.05) is 0 Å². The average Bonchev–Trinajstić information content (AvgIpc) is 2.17. The molecule has 0 aliphatic heterocycles. The van der Waals surface area contributed by atoms with Gasteiger partial charge in [0.2, 0.25) is 0 Å². The Morgan fingerprint density at radius 2 is 2.29 bits per heavy atom. The van der Waals surface area contributed by atoms with Gasteiger partial charge in [-0.25, -0.2) is 0 Å². The molecule has 1 rings (SSSR count). The van der Waals surface area contributed by atoms with Crippen LogP contribution in [-0.2, 0) is 0 Å². The second-order valence-corrected chi connectivity index (χ2v) is 3.28. The molecule has 0 radical (unpaired) electrons. The number of nitro benzene ring substituents is 1. The summed E-state index contributed by atoms with van der Waals surface area (Å²) in [5, 5.41) is 19.9. The first kappa shape index (κ1) is 10.9. The minimum atomic E-state index is -0.850. The minimum Gasteiger partial charge on any atom is -0.387 e. The number of rotatable bonds is 3. The standard InChI is InChI=1S/C9H10ClNO3/c1-6-2-3-7(11(13)14)4-8(6)9(12)5-10/h2-4,9,12H,5H2,1H3. The number of nitrogens with zero attached hydrogens (tertiary/aromatic N) is 1. The minimum absolute atomic E-state index is 0.0298. The summed E-state index contributed by atoms with van der Waals surface area (Å²) in [6.45, 7) is 1.77. The largest absolute Gasteiger partial charge is 0.387 e. The third-order valence-electron chi connectivity index (χ3n) is 1.98. The zero-order chi connectivity index (χ0) is 10.7. The zero-order valence-electron chi connectivity index (χ0n) is 7.61. The highest BCUT2D eigenvalue weighted by Gasteiger charge is 2.14. The van der Waals surface area contributed by atoms with Crippen molar-refractivity contribution in [2.75, 3.05) is 5.88 Å². The number of aliphatic hydroxyl groups excluding tert-OH is 1. The van der Waals surface area contributed by atoms with Gasteiger partial charge in [-0.1, -0.05) is 6.07 Å². The van der Waals surface area contributed by atoms with Gasteiger partial charge in [0, 0.05) is 12.1 Å². The lowest BCUT2D eigenvalue weighted by atomic mass is 10.0. The Kier molecular flexibility index (Phi) is 3.43. The van der Waals surface area contributed by atoms with Gasteiger partial charge in [-0.05, 0) is 18.1 Å². The van der Waals surface area contributed by atoms with Crippen LogP contribution in [0.4, 0.5) is 5.69 Å². The highest BCUT2D eigenvalue weighted by Crippen LogP contribution is 2.23. The van der Waals surface area contributed by atoms with E-state index in [1.54, 1.807) is 13.0 Å². The highest BCUT2D eigenvalue weighted by atomic mass is 35.5. The summed E-state index contributed by atoms with van der Waals surface area (Å²) in [6.07, 6.45) is -0.850. The number of non-ortho nitro benzene ring substituents is 1. The molecule has 0 saturated heterocycles. The number of nitro groups is 1. The van der Waals surface area contributed by atoms with Gasteiger partial charge >= 0.3 is 0 Å². The van der Waals surface area contributed by atoms with Gasteiger partial charge in [0.25, 0.3) is 5.69 Å². The van der Waals surface area contributed by atoms with Gasteiger partial charge in [0.1, 0.15) is 0 Å². The Bertz CT molecular complexity index is 354. The Labute approximate surface area is 86.3 Å². The molecule has 1 atom stereocenters. The monoisotopic (exact) mass is 215 g/mol. The van der Waals surface area contributed by atoms with Crippen molar-refractivity contribution in [3.63, 3.8) is 0 Å². The fourth-order valence-corrected chi connectivity index (χ4v) is 1.35. The summed E-state index contributed by atoms with van der Waals surface area (Å²) < 4.78 is 0. The molecule has 0 heterocycles. The van der Waals surface area contributed by atoms with E-state index in [2.05, 4.69) is 0 Å². The molecule has 0 fully saturated rings. The zero-order valence-corrected chi connectivity index (χ0v) is 8.36. The van der Waals surface area contributed by atoms with E-state index in [1.165, 1.54) is 12.1 Å². The van der Waals surface area contributed by atoms with Crippen molar-refractivity contribution in [3.05, 3.63) is 39.4 Å². The first-order valence-corrected chi connectivity index (χ1v) is 4.58. The smallest absolute Gasteiger partial charge is 0.269 e. The number of aryl methyl sites for hydroxylation is 1. The van der Waals surface area contributed by atoms with Crippen LogP contribution < -0.4 is 0 Å². The predicted molar refractivity (Wildman–Crippen MR) is 53.5 cm³/mol. The second-order valence-electron chi connectivity index (χ2n) is 2.97. The van der Waals surface area contributed by atoms with E-state index in [0.29, 0.717) is 5.56 Å². The first-order valence-electron chi connectivity index (χ1n) is 4.05. The van der Waals surface area contributed by atoms with Crippen LogP contribution in [0.2, 0.25) is 0 Å². The SMILES string of the molecule is Cc1ccc([N+](=O)[O-])cc1C(O)CCl. The number of benzene rings is 1. The van der Waals surface area contributed by atoms with Gasteiger partial charge in [-0.3, -0.25) is 10.1 Å². The third-order valence-corrected chi connectivity index (χ3v) is 2.27. The van der Waals surface area contributed by atoms with E-state index < -0.39 is 11.0 Å². The second kappa shape index (κ2) is 4.39. The Morgan fingerprint density at radius 1 is 1.64 bits per heavy atom. The van der Waals surface area contributed by atoms with Gasteiger partial charge in [0.05, 0.1) is 16.9 Å². The molecular weight excluding hydrogens is 206 g/mol. The maximum absolute atomic E-state index is 10.5. The lowest BCUT2D eigenvalue weighted by molar-refractivity contribution is -0.385. The highest BCUT2D eigenvalue weighted by molar-refractivity contribution is 6.18. The molecule has 76 valence electrons. The van der Waals surface area contributed by atoms with Crippen molar-refractivity contribution in [3.8, 4) is 0 Å². The molecule has 0 aromatic heterocycles. The Morgan fingerprint density at radius 3 is 2.79 bits per heavy atom. The van der Waals surface area contributed by atoms with Gasteiger partial charge in [-0.2, -0.15) is 0 Å².